The number of Topliss-reactive ketones (excluding diaryl/α,β-unsaturated/α-hetero) is 2. The predicted octanol–water partition coefficient (Wildman–Crippen LogP) is 1.41. The van der Waals surface area contributed by atoms with Gasteiger partial charge in [-0.15, -0.1) is 0 Å². The summed E-state index contributed by atoms with van der Waals surface area (Å²) in [5.41, 5.74) is 1.14. The van der Waals surface area contributed by atoms with E-state index in [0.29, 0.717) is 11.3 Å². The summed E-state index contributed by atoms with van der Waals surface area (Å²) in [7, 11) is 0. The van der Waals surface area contributed by atoms with Crippen molar-refractivity contribution in [2.24, 2.45) is 11.8 Å². The maximum atomic E-state index is 13.1. The van der Waals surface area contributed by atoms with Gasteiger partial charge in [0.1, 0.15) is 11.8 Å². The first-order valence-corrected chi connectivity index (χ1v) is 14.0. The van der Waals surface area contributed by atoms with Crippen molar-refractivity contribution in [2.45, 2.75) is 78.5 Å². The third-order valence-electron chi connectivity index (χ3n) is 6.73. The number of ketones is 2. The van der Waals surface area contributed by atoms with E-state index in [1.807, 2.05) is 13.8 Å². The second-order valence-electron chi connectivity index (χ2n) is 10.8. The number of amides is 5. The van der Waals surface area contributed by atoms with Crippen LogP contribution >= 0.6 is 0 Å². The number of benzene rings is 1. The average molecular weight is 585 g/mol. The van der Waals surface area contributed by atoms with Crippen LogP contribution in [0.15, 0.2) is 36.4 Å². The summed E-state index contributed by atoms with van der Waals surface area (Å²) < 4.78 is 0. The molecule has 12 nitrogen and oxygen atoms in total. The normalized spacial score (nSPS) is 14.9. The van der Waals surface area contributed by atoms with Gasteiger partial charge in [0, 0.05) is 49.6 Å². The van der Waals surface area contributed by atoms with Crippen molar-refractivity contribution < 1.29 is 38.7 Å². The fourth-order valence-corrected chi connectivity index (χ4v) is 4.29. The Labute approximate surface area is 245 Å². The number of nitrogens with one attached hydrogen (secondary N) is 3. The number of aliphatic hydroxyl groups excluding tert-OH is 1. The van der Waals surface area contributed by atoms with E-state index in [0.717, 1.165) is 17.1 Å². The minimum atomic E-state index is -0.980. The topological polar surface area (TPSA) is 179 Å². The van der Waals surface area contributed by atoms with Crippen molar-refractivity contribution in [1.82, 2.24) is 15.5 Å². The number of hydrogen-bond donors (Lipinski definition) is 4. The Morgan fingerprint density at radius 3 is 2.05 bits per heavy atom. The molecule has 1 aliphatic heterocycles. The number of hydrogen-bond acceptors (Lipinski definition) is 8. The molecule has 5 amide bonds. The van der Waals surface area contributed by atoms with Crippen LogP contribution < -0.4 is 16.0 Å². The minimum Gasteiger partial charge on any atom is -0.392 e. The van der Waals surface area contributed by atoms with Crippen LogP contribution in [-0.4, -0.2) is 69.7 Å². The molecule has 42 heavy (non-hydrogen) atoms. The van der Waals surface area contributed by atoms with Crippen molar-refractivity contribution >= 4 is 46.8 Å². The van der Waals surface area contributed by atoms with E-state index in [1.165, 1.54) is 13.8 Å². The molecule has 1 aromatic rings. The predicted molar refractivity (Wildman–Crippen MR) is 153 cm³/mol. The zero-order chi connectivity index (χ0) is 31.4. The Hall–Kier alpha value is -4.19. The monoisotopic (exact) mass is 584 g/mol. The van der Waals surface area contributed by atoms with Crippen LogP contribution in [0.3, 0.4) is 0 Å². The van der Waals surface area contributed by atoms with E-state index in [2.05, 4.69) is 16.0 Å². The summed E-state index contributed by atoms with van der Waals surface area (Å²) in [5, 5.41) is 17.2. The minimum absolute atomic E-state index is 0.0177. The Bertz CT molecular complexity index is 1190. The van der Waals surface area contributed by atoms with E-state index in [-0.39, 0.29) is 57.0 Å². The fourth-order valence-electron chi connectivity index (χ4n) is 4.29. The third-order valence-corrected chi connectivity index (χ3v) is 6.73. The summed E-state index contributed by atoms with van der Waals surface area (Å²) in [6, 6.07) is 4.60. The van der Waals surface area contributed by atoms with Gasteiger partial charge in [-0.3, -0.25) is 33.7 Å². The Balaban J connectivity index is 2.00. The van der Waals surface area contributed by atoms with E-state index in [9.17, 15) is 38.7 Å². The molecule has 0 fully saturated rings. The number of aliphatic hydroxyl groups is 1. The fraction of sp³-hybridized carbons (Fsp3) is 0.500. The van der Waals surface area contributed by atoms with Crippen LogP contribution in [0.25, 0.3) is 0 Å². The summed E-state index contributed by atoms with van der Waals surface area (Å²) in [5.74, 6) is -3.93. The molecule has 12 heteroatoms. The van der Waals surface area contributed by atoms with Gasteiger partial charge < -0.3 is 25.9 Å². The molecular weight excluding hydrogens is 544 g/mol. The van der Waals surface area contributed by atoms with Gasteiger partial charge in [-0.1, -0.05) is 26.0 Å². The average Bonchev–Trinajstić information content (AvgIpc) is 3.25. The molecule has 1 aromatic carbocycles. The molecule has 0 spiro atoms. The van der Waals surface area contributed by atoms with Gasteiger partial charge in [-0.25, -0.2) is 0 Å². The van der Waals surface area contributed by atoms with Gasteiger partial charge >= 0.3 is 0 Å². The number of nitrogens with zero attached hydrogens (tertiary/aromatic N) is 1. The highest BCUT2D eigenvalue weighted by Crippen LogP contribution is 2.18. The number of carbonyl (C=O) groups excluding carboxylic acids is 7. The second kappa shape index (κ2) is 16.3. The molecule has 0 bridgehead atoms. The van der Waals surface area contributed by atoms with E-state index >= 15 is 0 Å². The number of anilines is 1. The summed E-state index contributed by atoms with van der Waals surface area (Å²) in [6.07, 6.45) is 2.36. The highest BCUT2D eigenvalue weighted by atomic mass is 16.3. The van der Waals surface area contributed by atoms with Crippen molar-refractivity contribution in [1.29, 1.82) is 0 Å². The highest BCUT2D eigenvalue weighted by molar-refractivity contribution is 6.13. The number of rotatable bonds is 17. The van der Waals surface area contributed by atoms with Gasteiger partial charge in [0.2, 0.25) is 17.7 Å². The maximum absolute atomic E-state index is 13.1. The molecular formula is C30H40N4O8. The SMILES string of the molecule is CC(=O)CC[C@H](CC(=O)[C@H](C)NC(=O)[C@@H](CC(C)C)NC(=O)CCN1C(=O)C=CC1=O)C(=O)Nc1ccc(CO)cc1. The zero-order valence-electron chi connectivity index (χ0n) is 24.5. The van der Waals surface area contributed by atoms with Crippen LogP contribution in [0, 0.1) is 11.8 Å². The van der Waals surface area contributed by atoms with Crippen LogP contribution in [-0.2, 0) is 40.2 Å². The number of imide groups is 1. The molecule has 0 aliphatic carbocycles. The van der Waals surface area contributed by atoms with Crippen LogP contribution in [0.2, 0.25) is 0 Å². The third kappa shape index (κ3) is 11.0. The standard InChI is InChI=1S/C30H40N4O8/c1-18(2)15-24(33-26(38)13-14-34-27(39)11-12-28(34)40)30(42)31-20(4)25(37)16-22(8-5-19(3)36)29(41)32-23-9-6-21(17-35)7-10-23/h6-7,9-12,18,20,22,24,35H,5,8,13-17H2,1-4H3,(H,31,42)(H,32,41)(H,33,38)/t20-,22+,24+/m0/s1. The van der Waals surface area contributed by atoms with Crippen LogP contribution in [0.4, 0.5) is 5.69 Å². The van der Waals surface area contributed by atoms with Crippen molar-refractivity contribution in [3.63, 3.8) is 0 Å². The lowest BCUT2D eigenvalue weighted by atomic mass is 9.92. The van der Waals surface area contributed by atoms with Crippen molar-refractivity contribution in [2.75, 3.05) is 11.9 Å². The first-order valence-electron chi connectivity index (χ1n) is 14.0. The van der Waals surface area contributed by atoms with Gasteiger partial charge in [0.15, 0.2) is 5.78 Å². The first-order chi connectivity index (χ1) is 19.8. The molecule has 1 aliphatic rings. The maximum Gasteiger partial charge on any atom is 0.253 e. The van der Waals surface area contributed by atoms with Gasteiger partial charge in [-0.2, -0.15) is 0 Å². The van der Waals surface area contributed by atoms with Gasteiger partial charge in [-0.05, 0) is 50.3 Å². The van der Waals surface area contributed by atoms with E-state index < -0.39 is 53.3 Å². The summed E-state index contributed by atoms with van der Waals surface area (Å²) in [4.78, 5) is 87.6. The largest absolute Gasteiger partial charge is 0.392 e. The Morgan fingerprint density at radius 1 is 0.881 bits per heavy atom. The van der Waals surface area contributed by atoms with E-state index in [1.54, 1.807) is 24.3 Å². The van der Waals surface area contributed by atoms with Gasteiger partial charge in [0.25, 0.3) is 11.8 Å². The Kier molecular flexibility index (Phi) is 13.2. The molecule has 3 atom stereocenters. The lowest BCUT2D eigenvalue weighted by Gasteiger charge is -2.24. The Morgan fingerprint density at radius 2 is 1.50 bits per heavy atom. The molecule has 4 N–H and O–H groups in total. The second-order valence-corrected chi connectivity index (χ2v) is 10.8. The summed E-state index contributed by atoms with van der Waals surface area (Å²) in [6.45, 7) is 6.34. The molecule has 0 radical (unpaired) electrons. The molecule has 0 saturated carbocycles. The van der Waals surface area contributed by atoms with Gasteiger partial charge in [0.05, 0.1) is 12.6 Å². The van der Waals surface area contributed by atoms with E-state index in [4.69, 9.17) is 0 Å². The quantitative estimate of drug-likeness (QED) is 0.199. The smallest absolute Gasteiger partial charge is 0.253 e. The summed E-state index contributed by atoms with van der Waals surface area (Å²) >= 11 is 0. The highest BCUT2D eigenvalue weighted by Gasteiger charge is 2.29. The van der Waals surface area contributed by atoms with Crippen molar-refractivity contribution in [3.8, 4) is 0 Å². The molecule has 2 rings (SSSR count). The number of carbonyl (C=O) groups is 7. The lowest BCUT2D eigenvalue weighted by Crippen LogP contribution is -2.51. The van der Waals surface area contributed by atoms with Crippen molar-refractivity contribution in [3.05, 3.63) is 42.0 Å². The molecule has 0 aromatic heterocycles. The lowest BCUT2D eigenvalue weighted by molar-refractivity contribution is -0.137. The molecule has 0 unspecified atom stereocenters. The first kappa shape index (κ1) is 34.0. The zero-order valence-corrected chi connectivity index (χ0v) is 24.5. The molecule has 1 heterocycles. The van der Waals surface area contributed by atoms with Crippen LogP contribution in [0.1, 0.15) is 65.4 Å². The molecule has 0 saturated heterocycles. The van der Waals surface area contributed by atoms with Crippen LogP contribution in [0.5, 0.6) is 0 Å². The molecule has 228 valence electrons.